The molecular weight excluding hydrogens is 335 g/mol. The molecule has 1 aromatic carbocycles. The van der Waals surface area contributed by atoms with Crippen molar-refractivity contribution in [3.8, 4) is 0 Å². The second kappa shape index (κ2) is 5.05. The van der Waals surface area contributed by atoms with Gasteiger partial charge in [0.05, 0.1) is 10.4 Å². The molecule has 0 aliphatic carbocycles. The molecule has 3 aromatic rings. The summed E-state index contributed by atoms with van der Waals surface area (Å²) in [7, 11) is 1.55. The number of benzene rings is 1. The molecule has 2 aromatic heterocycles. The summed E-state index contributed by atoms with van der Waals surface area (Å²) >= 11 is 13.2. The summed E-state index contributed by atoms with van der Waals surface area (Å²) in [6.45, 7) is 0. The van der Waals surface area contributed by atoms with Gasteiger partial charge in [0.2, 0.25) is 11.1 Å². The number of thioether (sulfide) groups is 1. The summed E-state index contributed by atoms with van der Waals surface area (Å²) < 4.78 is 6.87. The average molecular weight is 343 g/mol. The number of aromatic nitrogens is 2. The molecule has 8 heteroatoms. The number of halogens is 2. The average Bonchev–Trinajstić information content (AvgIpc) is 2.44. The Hall–Kier alpha value is -1.50. The SMILES string of the molecule is CSc1nc2oc3c(Cl)cc(Cl)cc3c(=O)c2c(=O)n1C. The standard InChI is InChI=1S/C13H8Cl2N2O3S/c1-17-12(19)8-9(18)6-3-5(14)4-7(15)10(6)20-11(8)16-13(17)21-2/h3-4H,1-2H3. The lowest BCUT2D eigenvalue weighted by Gasteiger charge is -2.07. The van der Waals surface area contributed by atoms with Crippen molar-refractivity contribution < 1.29 is 4.42 Å². The van der Waals surface area contributed by atoms with Crippen molar-refractivity contribution in [2.24, 2.45) is 7.05 Å². The normalized spacial score (nSPS) is 11.4. The van der Waals surface area contributed by atoms with E-state index in [0.717, 1.165) is 0 Å². The van der Waals surface area contributed by atoms with E-state index in [4.69, 9.17) is 27.6 Å². The number of nitrogens with zero attached hydrogens (tertiary/aromatic N) is 2. The largest absolute Gasteiger partial charge is 0.436 e. The molecule has 0 spiro atoms. The van der Waals surface area contributed by atoms with E-state index in [1.807, 2.05) is 0 Å². The van der Waals surface area contributed by atoms with Crippen LogP contribution in [0.3, 0.4) is 0 Å². The first-order valence-electron chi connectivity index (χ1n) is 5.80. The van der Waals surface area contributed by atoms with Gasteiger partial charge in [0.1, 0.15) is 0 Å². The first kappa shape index (κ1) is 14.4. The molecule has 0 saturated carbocycles. The first-order valence-corrected chi connectivity index (χ1v) is 7.78. The van der Waals surface area contributed by atoms with E-state index in [1.165, 1.54) is 28.5 Å². The van der Waals surface area contributed by atoms with Gasteiger partial charge in [0, 0.05) is 12.1 Å². The summed E-state index contributed by atoms with van der Waals surface area (Å²) in [5.74, 6) is 0. The molecule has 3 rings (SSSR count). The fraction of sp³-hybridized carbons (Fsp3) is 0.154. The number of fused-ring (bicyclic) bond motifs is 2. The molecule has 0 aliphatic heterocycles. The molecule has 0 aliphatic rings. The van der Waals surface area contributed by atoms with Gasteiger partial charge in [-0.15, -0.1) is 0 Å². The highest BCUT2D eigenvalue weighted by molar-refractivity contribution is 7.98. The van der Waals surface area contributed by atoms with Crippen LogP contribution in [0, 0.1) is 0 Å². The minimum absolute atomic E-state index is 0.0239. The lowest BCUT2D eigenvalue weighted by molar-refractivity contribution is 0.617. The van der Waals surface area contributed by atoms with Crippen molar-refractivity contribution in [3.63, 3.8) is 0 Å². The molecule has 5 nitrogen and oxygen atoms in total. The van der Waals surface area contributed by atoms with E-state index in [9.17, 15) is 9.59 Å². The van der Waals surface area contributed by atoms with Crippen LogP contribution in [-0.2, 0) is 7.05 Å². The second-order valence-electron chi connectivity index (χ2n) is 4.34. The number of rotatable bonds is 1. The maximum atomic E-state index is 12.5. The third-order valence-electron chi connectivity index (χ3n) is 3.08. The Labute approximate surface area is 132 Å². The highest BCUT2D eigenvalue weighted by Crippen LogP contribution is 2.28. The monoisotopic (exact) mass is 342 g/mol. The molecule has 0 amide bonds. The van der Waals surface area contributed by atoms with E-state index in [-0.39, 0.29) is 27.1 Å². The molecule has 0 atom stereocenters. The van der Waals surface area contributed by atoms with E-state index in [0.29, 0.717) is 10.2 Å². The van der Waals surface area contributed by atoms with Crippen molar-refractivity contribution >= 4 is 57.0 Å². The minimum atomic E-state index is -0.489. The van der Waals surface area contributed by atoms with E-state index in [1.54, 1.807) is 13.3 Å². The van der Waals surface area contributed by atoms with Crippen LogP contribution in [0.1, 0.15) is 0 Å². The smallest absolute Gasteiger partial charge is 0.269 e. The maximum Gasteiger partial charge on any atom is 0.269 e. The van der Waals surface area contributed by atoms with Gasteiger partial charge in [0.15, 0.2) is 16.1 Å². The van der Waals surface area contributed by atoms with Crippen LogP contribution in [-0.4, -0.2) is 15.8 Å². The van der Waals surface area contributed by atoms with Crippen molar-refractivity contribution in [2.45, 2.75) is 5.16 Å². The van der Waals surface area contributed by atoms with Gasteiger partial charge in [0.25, 0.3) is 5.56 Å². The van der Waals surface area contributed by atoms with E-state index in [2.05, 4.69) is 4.98 Å². The molecule has 0 unspecified atom stereocenters. The number of hydrogen-bond donors (Lipinski definition) is 0. The Morgan fingerprint density at radius 1 is 1.29 bits per heavy atom. The molecule has 0 bridgehead atoms. The molecule has 21 heavy (non-hydrogen) atoms. The molecule has 0 N–H and O–H groups in total. The van der Waals surface area contributed by atoms with Crippen molar-refractivity contribution in [1.82, 2.24) is 9.55 Å². The van der Waals surface area contributed by atoms with E-state index >= 15 is 0 Å². The van der Waals surface area contributed by atoms with Crippen LogP contribution < -0.4 is 11.0 Å². The summed E-state index contributed by atoms with van der Waals surface area (Å²) in [4.78, 5) is 29.0. The van der Waals surface area contributed by atoms with Gasteiger partial charge in [-0.3, -0.25) is 14.2 Å². The Bertz CT molecular complexity index is 1010. The van der Waals surface area contributed by atoms with Crippen molar-refractivity contribution in [3.05, 3.63) is 42.8 Å². The quantitative estimate of drug-likeness (QED) is 0.386. The Kier molecular flexibility index (Phi) is 3.47. The second-order valence-corrected chi connectivity index (χ2v) is 5.96. The third kappa shape index (κ3) is 2.14. The lowest BCUT2D eigenvalue weighted by atomic mass is 10.2. The summed E-state index contributed by atoms with van der Waals surface area (Å²) in [6.07, 6.45) is 1.78. The van der Waals surface area contributed by atoms with Gasteiger partial charge in [-0.25, -0.2) is 0 Å². The zero-order valence-electron chi connectivity index (χ0n) is 10.9. The Morgan fingerprint density at radius 3 is 2.67 bits per heavy atom. The van der Waals surface area contributed by atoms with Crippen LogP contribution in [0.2, 0.25) is 10.0 Å². The van der Waals surface area contributed by atoms with Crippen LogP contribution in [0.5, 0.6) is 0 Å². The highest BCUT2D eigenvalue weighted by atomic mass is 35.5. The zero-order valence-corrected chi connectivity index (χ0v) is 13.3. The minimum Gasteiger partial charge on any atom is -0.436 e. The van der Waals surface area contributed by atoms with Gasteiger partial charge < -0.3 is 4.42 Å². The Balaban J connectivity index is 2.64. The van der Waals surface area contributed by atoms with Gasteiger partial charge in [-0.05, 0) is 18.4 Å². The predicted octanol–water partition coefficient (Wildman–Crippen LogP) is 3.07. The molecule has 2 heterocycles. The van der Waals surface area contributed by atoms with E-state index < -0.39 is 11.0 Å². The summed E-state index contributed by atoms with van der Waals surface area (Å²) in [5.41, 5.74) is -0.803. The van der Waals surface area contributed by atoms with Crippen LogP contribution >= 0.6 is 35.0 Å². The summed E-state index contributed by atoms with van der Waals surface area (Å²) in [5, 5.41) is 0.992. The van der Waals surface area contributed by atoms with Crippen LogP contribution in [0.25, 0.3) is 22.1 Å². The van der Waals surface area contributed by atoms with Gasteiger partial charge in [-0.1, -0.05) is 35.0 Å². The molecular formula is C13H8Cl2N2O3S. The predicted molar refractivity (Wildman–Crippen MR) is 84.8 cm³/mol. The van der Waals surface area contributed by atoms with Crippen LogP contribution in [0.4, 0.5) is 0 Å². The Morgan fingerprint density at radius 2 is 2.00 bits per heavy atom. The fourth-order valence-electron chi connectivity index (χ4n) is 2.08. The molecule has 0 radical (unpaired) electrons. The highest BCUT2D eigenvalue weighted by Gasteiger charge is 2.17. The number of hydrogen-bond acceptors (Lipinski definition) is 5. The molecule has 0 saturated heterocycles. The zero-order chi connectivity index (χ0) is 15.3. The van der Waals surface area contributed by atoms with Gasteiger partial charge >= 0.3 is 0 Å². The molecule has 108 valence electrons. The fourth-order valence-corrected chi connectivity index (χ4v) is 3.14. The third-order valence-corrected chi connectivity index (χ3v) is 4.31. The maximum absolute atomic E-state index is 12.5. The lowest BCUT2D eigenvalue weighted by Crippen LogP contribution is -2.25. The van der Waals surface area contributed by atoms with Crippen LogP contribution in [0.15, 0.2) is 31.3 Å². The van der Waals surface area contributed by atoms with Gasteiger partial charge in [-0.2, -0.15) is 4.98 Å². The molecule has 0 fully saturated rings. The topological polar surface area (TPSA) is 65.1 Å². The van der Waals surface area contributed by atoms with Crippen molar-refractivity contribution in [2.75, 3.05) is 6.26 Å². The summed E-state index contributed by atoms with van der Waals surface area (Å²) in [6, 6.07) is 2.90. The van der Waals surface area contributed by atoms with Crippen molar-refractivity contribution in [1.29, 1.82) is 0 Å². The first-order chi connectivity index (χ1) is 9.93.